The van der Waals surface area contributed by atoms with Gasteiger partial charge in [0.1, 0.15) is 0 Å². The zero-order valence-electron chi connectivity index (χ0n) is 15.6. The van der Waals surface area contributed by atoms with Gasteiger partial charge in [-0.1, -0.05) is 32.0 Å². The first kappa shape index (κ1) is 18.8. The molecule has 3 atom stereocenters. The predicted octanol–water partition coefficient (Wildman–Crippen LogP) is 3.28. The summed E-state index contributed by atoms with van der Waals surface area (Å²) in [6.07, 6.45) is 1.83. The van der Waals surface area contributed by atoms with Gasteiger partial charge >= 0.3 is 0 Å². The highest BCUT2D eigenvalue weighted by Crippen LogP contribution is 2.20. The molecule has 4 nitrogen and oxygen atoms in total. The van der Waals surface area contributed by atoms with Gasteiger partial charge in [0.15, 0.2) is 0 Å². The van der Waals surface area contributed by atoms with Crippen molar-refractivity contribution in [2.24, 2.45) is 11.8 Å². The molecule has 0 saturated carbocycles. The SMILES string of the molecule is Cc1ccccc1NCCC(=O)N[C@H](C)CN1C[C@H](C)C[C@H](C)C1. The molecule has 1 heterocycles. The number of hydrogen-bond acceptors (Lipinski definition) is 3. The number of para-hydroxylation sites is 1. The van der Waals surface area contributed by atoms with E-state index in [1.807, 2.05) is 12.1 Å². The predicted molar refractivity (Wildman–Crippen MR) is 101 cm³/mol. The smallest absolute Gasteiger partial charge is 0.222 e. The minimum atomic E-state index is 0.127. The third-order valence-corrected chi connectivity index (χ3v) is 4.70. The molecule has 0 radical (unpaired) electrons. The van der Waals surface area contributed by atoms with Gasteiger partial charge in [-0.2, -0.15) is 0 Å². The van der Waals surface area contributed by atoms with E-state index in [2.05, 4.69) is 55.4 Å². The van der Waals surface area contributed by atoms with E-state index in [1.165, 1.54) is 12.0 Å². The summed E-state index contributed by atoms with van der Waals surface area (Å²) in [5, 5.41) is 6.48. The van der Waals surface area contributed by atoms with Crippen LogP contribution in [0.2, 0.25) is 0 Å². The number of nitrogens with zero attached hydrogens (tertiary/aromatic N) is 1. The maximum atomic E-state index is 12.1. The summed E-state index contributed by atoms with van der Waals surface area (Å²) in [5.41, 5.74) is 2.31. The van der Waals surface area contributed by atoms with E-state index in [0.29, 0.717) is 13.0 Å². The van der Waals surface area contributed by atoms with Crippen LogP contribution in [0.5, 0.6) is 0 Å². The number of amides is 1. The summed E-state index contributed by atoms with van der Waals surface area (Å²) in [7, 11) is 0. The van der Waals surface area contributed by atoms with Crippen molar-refractivity contribution in [3.05, 3.63) is 29.8 Å². The second-order valence-electron chi connectivity index (χ2n) is 7.62. The van der Waals surface area contributed by atoms with Crippen molar-refractivity contribution in [3.8, 4) is 0 Å². The Kier molecular flexibility index (Phi) is 7.10. The van der Waals surface area contributed by atoms with Crippen molar-refractivity contribution >= 4 is 11.6 Å². The number of carbonyl (C=O) groups is 1. The van der Waals surface area contributed by atoms with E-state index >= 15 is 0 Å². The fourth-order valence-corrected chi connectivity index (χ4v) is 3.80. The van der Waals surface area contributed by atoms with Crippen molar-refractivity contribution in [3.63, 3.8) is 0 Å². The molecular weight excluding hydrogens is 298 g/mol. The number of piperidine rings is 1. The quantitative estimate of drug-likeness (QED) is 0.806. The van der Waals surface area contributed by atoms with Crippen molar-refractivity contribution in [2.75, 3.05) is 31.5 Å². The molecule has 1 aliphatic rings. The van der Waals surface area contributed by atoms with E-state index in [9.17, 15) is 4.79 Å². The van der Waals surface area contributed by atoms with Gasteiger partial charge in [0, 0.05) is 44.3 Å². The average Bonchev–Trinajstić information content (AvgIpc) is 2.47. The van der Waals surface area contributed by atoms with Gasteiger partial charge in [0.05, 0.1) is 0 Å². The summed E-state index contributed by atoms with van der Waals surface area (Å²) in [6.45, 7) is 12.7. The van der Waals surface area contributed by atoms with E-state index in [0.717, 1.165) is 37.2 Å². The van der Waals surface area contributed by atoms with Gasteiger partial charge in [-0.05, 0) is 43.7 Å². The van der Waals surface area contributed by atoms with Gasteiger partial charge in [0.2, 0.25) is 5.91 Å². The van der Waals surface area contributed by atoms with E-state index in [4.69, 9.17) is 0 Å². The lowest BCUT2D eigenvalue weighted by Crippen LogP contribution is -2.47. The zero-order chi connectivity index (χ0) is 17.5. The third-order valence-electron chi connectivity index (χ3n) is 4.70. The van der Waals surface area contributed by atoms with Crippen LogP contribution in [0.15, 0.2) is 24.3 Å². The van der Waals surface area contributed by atoms with E-state index in [-0.39, 0.29) is 11.9 Å². The molecule has 1 aromatic carbocycles. The molecule has 0 spiro atoms. The number of carbonyl (C=O) groups excluding carboxylic acids is 1. The molecule has 1 aromatic rings. The Hall–Kier alpha value is -1.55. The third kappa shape index (κ3) is 6.16. The van der Waals surface area contributed by atoms with Gasteiger partial charge in [0.25, 0.3) is 0 Å². The molecule has 4 heteroatoms. The molecule has 134 valence electrons. The largest absolute Gasteiger partial charge is 0.384 e. The van der Waals surface area contributed by atoms with Crippen molar-refractivity contribution in [1.29, 1.82) is 0 Å². The van der Waals surface area contributed by atoms with Crippen LogP contribution in [0.3, 0.4) is 0 Å². The number of aryl methyl sites for hydroxylation is 1. The van der Waals surface area contributed by atoms with Gasteiger partial charge in [-0.3, -0.25) is 4.79 Å². The lowest BCUT2D eigenvalue weighted by atomic mass is 9.92. The summed E-state index contributed by atoms with van der Waals surface area (Å²) in [6, 6.07) is 8.36. The van der Waals surface area contributed by atoms with Crippen LogP contribution in [0.4, 0.5) is 5.69 Å². The van der Waals surface area contributed by atoms with Gasteiger partial charge in [-0.25, -0.2) is 0 Å². The molecule has 24 heavy (non-hydrogen) atoms. The molecule has 1 saturated heterocycles. The Morgan fingerprint density at radius 3 is 2.58 bits per heavy atom. The van der Waals surface area contributed by atoms with Crippen LogP contribution >= 0.6 is 0 Å². The highest BCUT2D eigenvalue weighted by Gasteiger charge is 2.23. The molecule has 1 aliphatic heterocycles. The summed E-state index contributed by atoms with van der Waals surface area (Å²) < 4.78 is 0. The molecule has 1 fully saturated rings. The van der Waals surface area contributed by atoms with Crippen LogP contribution in [0.25, 0.3) is 0 Å². The summed E-state index contributed by atoms with van der Waals surface area (Å²) in [5.74, 6) is 1.65. The van der Waals surface area contributed by atoms with Crippen LogP contribution in [0, 0.1) is 18.8 Å². The normalized spacial score (nSPS) is 22.8. The second-order valence-corrected chi connectivity index (χ2v) is 7.62. The monoisotopic (exact) mass is 331 g/mol. The first-order valence-corrected chi connectivity index (χ1v) is 9.25. The van der Waals surface area contributed by atoms with Crippen LogP contribution in [-0.2, 0) is 4.79 Å². The minimum absolute atomic E-state index is 0.127. The maximum absolute atomic E-state index is 12.1. The Morgan fingerprint density at radius 1 is 1.25 bits per heavy atom. The minimum Gasteiger partial charge on any atom is -0.384 e. The number of nitrogens with one attached hydrogen (secondary N) is 2. The Morgan fingerprint density at radius 2 is 1.92 bits per heavy atom. The molecular formula is C20H33N3O. The fourth-order valence-electron chi connectivity index (χ4n) is 3.80. The zero-order valence-corrected chi connectivity index (χ0v) is 15.6. The van der Waals surface area contributed by atoms with E-state index in [1.54, 1.807) is 0 Å². The highest BCUT2D eigenvalue weighted by atomic mass is 16.1. The molecule has 0 unspecified atom stereocenters. The highest BCUT2D eigenvalue weighted by molar-refractivity contribution is 5.76. The molecule has 2 rings (SSSR count). The van der Waals surface area contributed by atoms with Crippen LogP contribution in [-0.4, -0.2) is 43.0 Å². The standard InChI is InChI=1S/C20H33N3O/c1-15-11-16(2)13-23(12-15)14-18(4)22-20(24)9-10-21-19-8-6-5-7-17(19)3/h5-8,15-16,18,21H,9-14H2,1-4H3,(H,22,24)/t15-,16+,18-/m1/s1. The van der Waals surface area contributed by atoms with Gasteiger partial charge in [-0.15, -0.1) is 0 Å². The van der Waals surface area contributed by atoms with Crippen molar-refractivity contribution in [1.82, 2.24) is 10.2 Å². The van der Waals surface area contributed by atoms with Crippen LogP contribution < -0.4 is 10.6 Å². The number of hydrogen-bond donors (Lipinski definition) is 2. The van der Waals surface area contributed by atoms with E-state index < -0.39 is 0 Å². The average molecular weight is 332 g/mol. The van der Waals surface area contributed by atoms with Gasteiger partial charge < -0.3 is 15.5 Å². The molecule has 0 bridgehead atoms. The second kappa shape index (κ2) is 9.07. The molecule has 0 aliphatic carbocycles. The lowest BCUT2D eigenvalue weighted by Gasteiger charge is -2.36. The molecule has 1 amide bonds. The topological polar surface area (TPSA) is 44.4 Å². The maximum Gasteiger partial charge on any atom is 0.222 e. The van der Waals surface area contributed by atoms with Crippen molar-refractivity contribution in [2.45, 2.75) is 46.6 Å². The fraction of sp³-hybridized carbons (Fsp3) is 0.650. The molecule has 2 N–H and O–H groups in total. The first-order valence-electron chi connectivity index (χ1n) is 9.25. The first-order chi connectivity index (χ1) is 11.4. The Bertz CT molecular complexity index is 521. The summed E-state index contributed by atoms with van der Waals surface area (Å²) in [4.78, 5) is 14.6. The van der Waals surface area contributed by atoms with Crippen molar-refractivity contribution < 1.29 is 4.79 Å². The molecule has 0 aromatic heterocycles. The summed E-state index contributed by atoms with van der Waals surface area (Å²) >= 11 is 0. The number of likely N-dealkylation sites (tertiary alicyclic amines) is 1. The Labute approximate surface area is 147 Å². The number of rotatable bonds is 7. The Balaban J connectivity index is 1.67. The number of benzene rings is 1. The number of anilines is 1. The van der Waals surface area contributed by atoms with Crippen LogP contribution in [0.1, 0.15) is 39.2 Å². The lowest BCUT2D eigenvalue weighted by molar-refractivity contribution is -0.121.